The van der Waals surface area contributed by atoms with Crippen LogP contribution in [0.5, 0.6) is 0 Å². The minimum Gasteiger partial charge on any atom is -0.364 e. The van der Waals surface area contributed by atoms with E-state index in [1.165, 1.54) is 0 Å². The zero-order chi connectivity index (χ0) is 14.6. The number of anilines is 1. The molecule has 0 bridgehead atoms. The Kier molecular flexibility index (Phi) is 5.65. The fourth-order valence-electron chi connectivity index (χ4n) is 1.81. The highest BCUT2D eigenvalue weighted by Gasteiger charge is 2.26. The molecule has 0 saturated heterocycles. The van der Waals surface area contributed by atoms with Crippen molar-refractivity contribution in [2.24, 2.45) is 0 Å². The normalized spacial score (nSPS) is 12.7. The Balaban J connectivity index is 2.92. The third-order valence-electron chi connectivity index (χ3n) is 2.97. The van der Waals surface area contributed by atoms with Crippen molar-refractivity contribution >= 4 is 23.3 Å². The van der Waals surface area contributed by atoms with Gasteiger partial charge in [0.15, 0.2) is 0 Å². The van der Waals surface area contributed by atoms with E-state index in [9.17, 15) is 10.1 Å². The molecular weight excluding hydrogens is 264 g/mol. The average Bonchev–Trinajstić information content (AvgIpc) is 2.66. The summed E-state index contributed by atoms with van der Waals surface area (Å²) >= 11 is 1.79. The van der Waals surface area contributed by atoms with E-state index in [0.29, 0.717) is 23.3 Å². The van der Waals surface area contributed by atoms with E-state index in [-0.39, 0.29) is 16.7 Å². The molecule has 0 aliphatic rings. The van der Waals surface area contributed by atoms with Gasteiger partial charge >= 0.3 is 5.69 Å². The molecule has 1 rings (SSSR count). The van der Waals surface area contributed by atoms with Gasteiger partial charge in [0.25, 0.3) is 0 Å². The third kappa shape index (κ3) is 3.86. The molecule has 1 unspecified atom stereocenters. The fraction of sp³-hybridized carbons (Fsp3) is 0.750. The minimum atomic E-state index is -0.360. The highest BCUT2D eigenvalue weighted by Crippen LogP contribution is 2.30. The second-order valence-corrected chi connectivity index (χ2v) is 6.12. The number of nitrogens with zero attached hydrogens (tertiary/aromatic N) is 3. The molecule has 1 aromatic heterocycles. The van der Waals surface area contributed by atoms with Gasteiger partial charge in [-0.05, 0) is 33.4 Å². The Morgan fingerprint density at radius 1 is 1.47 bits per heavy atom. The van der Waals surface area contributed by atoms with Gasteiger partial charge < -0.3 is 5.32 Å². The van der Waals surface area contributed by atoms with E-state index in [1.54, 1.807) is 23.4 Å². The average molecular weight is 286 g/mol. The molecular formula is C12H22N4O2S. The first-order chi connectivity index (χ1) is 8.88. The molecule has 0 aliphatic carbocycles. The van der Waals surface area contributed by atoms with Crippen molar-refractivity contribution in [2.75, 3.05) is 18.1 Å². The van der Waals surface area contributed by atoms with E-state index in [4.69, 9.17) is 0 Å². The largest absolute Gasteiger partial charge is 0.364 e. The second-order valence-electron chi connectivity index (χ2n) is 4.84. The topological polar surface area (TPSA) is 73.0 Å². The molecule has 1 atom stereocenters. The molecule has 0 radical (unpaired) electrons. The summed E-state index contributed by atoms with van der Waals surface area (Å²) < 4.78 is 1.69. The predicted octanol–water partition coefficient (Wildman–Crippen LogP) is 3.23. The van der Waals surface area contributed by atoms with Gasteiger partial charge in [0.05, 0.1) is 4.92 Å². The van der Waals surface area contributed by atoms with Crippen LogP contribution in [0.1, 0.15) is 38.9 Å². The van der Waals surface area contributed by atoms with Gasteiger partial charge in [-0.1, -0.05) is 6.92 Å². The molecule has 1 N–H and O–H groups in total. The molecule has 19 heavy (non-hydrogen) atoms. The number of thioether (sulfide) groups is 1. The summed E-state index contributed by atoms with van der Waals surface area (Å²) in [5.74, 6) is 0.519. The monoisotopic (exact) mass is 286 g/mol. The van der Waals surface area contributed by atoms with Crippen LogP contribution in [0.15, 0.2) is 0 Å². The zero-order valence-electron chi connectivity index (χ0n) is 12.1. The lowest BCUT2D eigenvalue weighted by Gasteiger charge is -2.13. The third-order valence-corrected chi connectivity index (χ3v) is 4.01. The standard InChI is InChI=1S/C12H22N4O2S/c1-8(2)15-12(13-7-6-9(3)19-5)11(16(17)18)10(4)14-15/h8-9,13H,6-7H2,1-5H3. The molecule has 0 fully saturated rings. The number of aromatic nitrogens is 2. The van der Waals surface area contributed by atoms with E-state index < -0.39 is 0 Å². The van der Waals surface area contributed by atoms with Crippen LogP contribution in [0.2, 0.25) is 0 Å². The summed E-state index contributed by atoms with van der Waals surface area (Å²) in [6.45, 7) is 8.46. The van der Waals surface area contributed by atoms with Crippen molar-refractivity contribution < 1.29 is 4.92 Å². The van der Waals surface area contributed by atoms with Gasteiger partial charge in [0.1, 0.15) is 5.69 Å². The van der Waals surface area contributed by atoms with Crippen LogP contribution in [-0.4, -0.2) is 32.8 Å². The lowest BCUT2D eigenvalue weighted by molar-refractivity contribution is -0.384. The molecule has 0 amide bonds. The van der Waals surface area contributed by atoms with E-state index in [0.717, 1.165) is 6.42 Å². The Morgan fingerprint density at radius 2 is 2.11 bits per heavy atom. The van der Waals surface area contributed by atoms with Crippen molar-refractivity contribution in [3.8, 4) is 0 Å². The maximum absolute atomic E-state index is 11.1. The molecule has 6 nitrogen and oxygen atoms in total. The van der Waals surface area contributed by atoms with Crippen LogP contribution < -0.4 is 5.32 Å². The predicted molar refractivity (Wildman–Crippen MR) is 80.1 cm³/mol. The van der Waals surface area contributed by atoms with Gasteiger partial charge in [0, 0.05) is 17.8 Å². The number of aryl methyl sites for hydroxylation is 1. The first kappa shape index (κ1) is 15.8. The SMILES string of the molecule is CSC(C)CCNc1c([N+](=O)[O-])c(C)nn1C(C)C. The number of nitro groups is 1. The van der Waals surface area contributed by atoms with Crippen LogP contribution in [0.25, 0.3) is 0 Å². The molecule has 108 valence electrons. The maximum Gasteiger partial charge on any atom is 0.333 e. The number of hydrogen-bond donors (Lipinski definition) is 1. The van der Waals surface area contributed by atoms with Gasteiger partial charge in [0.2, 0.25) is 5.82 Å². The van der Waals surface area contributed by atoms with Gasteiger partial charge in [-0.15, -0.1) is 0 Å². The molecule has 0 saturated carbocycles. The lowest BCUT2D eigenvalue weighted by atomic mass is 10.3. The van der Waals surface area contributed by atoms with Crippen LogP contribution >= 0.6 is 11.8 Å². The summed E-state index contributed by atoms with van der Waals surface area (Å²) in [5, 5.41) is 19.1. The highest BCUT2D eigenvalue weighted by atomic mass is 32.2. The Hall–Kier alpha value is -1.24. The van der Waals surface area contributed by atoms with Crippen LogP contribution in [0.3, 0.4) is 0 Å². The molecule has 0 aliphatic heterocycles. The van der Waals surface area contributed by atoms with Crippen LogP contribution in [-0.2, 0) is 0 Å². The number of rotatable bonds is 7. The van der Waals surface area contributed by atoms with Crippen molar-refractivity contribution in [2.45, 2.75) is 45.4 Å². The Morgan fingerprint density at radius 3 is 2.58 bits per heavy atom. The highest BCUT2D eigenvalue weighted by molar-refractivity contribution is 7.99. The smallest absolute Gasteiger partial charge is 0.333 e. The molecule has 0 spiro atoms. The maximum atomic E-state index is 11.1. The molecule has 1 aromatic rings. The van der Waals surface area contributed by atoms with Crippen molar-refractivity contribution in [3.05, 3.63) is 15.8 Å². The van der Waals surface area contributed by atoms with Crippen LogP contribution in [0.4, 0.5) is 11.5 Å². The first-order valence-electron chi connectivity index (χ1n) is 6.38. The zero-order valence-corrected chi connectivity index (χ0v) is 13.0. The fourth-order valence-corrected chi connectivity index (χ4v) is 2.16. The van der Waals surface area contributed by atoms with Crippen molar-refractivity contribution in [3.63, 3.8) is 0 Å². The summed E-state index contributed by atoms with van der Waals surface area (Å²) in [4.78, 5) is 10.8. The first-order valence-corrected chi connectivity index (χ1v) is 7.67. The minimum absolute atomic E-state index is 0.0884. The Bertz CT molecular complexity index is 445. The Labute approximate surface area is 118 Å². The summed E-state index contributed by atoms with van der Waals surface area (Å²) in [7, 11) is 0. The van der Waals surface area contributed by atoms with Crippen molar-refractivity contribution in [1.82, 2.24) is 9.78 Å². The summed E-state index contributed by atoms with van der Waals surface area (Å²) in [6.07, 6.45) is 3.02. The summed E-state index contributed by atoms with van der Waals surface area (Å²) in [5.41, 5.74) is 0.546. The van der Waals surface area contributed by atoms with Crippen molar-refractivity contribution in [1.29, 1.82) is 0 Å². The number of hydrogen-bond acceptors (Lipinski definition) is 5. The van der Waals surface area contributed by atoms with E-state index >= 15 is 0 Å². The molecule has 0 aromatic carbocycles. The molecule has 1 heterocycles. The van der Waals surface area contributed by atoms with E-state index in [1.807, 2.05) is 13.8 Å². The molecule has 7 heteroatoms. The van der Waals surface area contributed by atoms with Crippen LogP contribution in [0, 0.1) is 17.0 Å². The van der Waals surface area contributed by atoms with E-state index in [2.05, 4.69) is 23.6 Å². The second kappa shape index (κ2) is 6.79. The summed E-state index contributed by atoms with van der Waals surface area (Å²) in [6, 6.07) is 0.0906. The number of nitrogens with one attached hydrogen (secondary N) is 1. The quantitative estimate of drug-likeness (QED) is 0.615. The van der Waals surface area contributed by atoms with Gasteiger partial charge in [-0.2, -0.15) is 16.9 Å². The van der Waals surface area contributed by atoms with Gasteiger partial charge in [-0.25, -0.2) is 4.68 Å². The van der Waals surface area contributed by atoms with Gasteiger partial charge in [-0.3, -0.25) is 10.1 Å². The lowest BCUT2D eigenvalue weighted by Crippen LogP contribution is -2.14.